The Morgan fingerprint density at radius 2 is 2.56 bits per heavy atom. The van der Waals surface area contributed by atoms with E-state index in [-0.39, 0.29) is 5.91 Å². The highest BCUT2D eigenvalue weighted by Gasteiger charge is 2.16. The smallest absolute Gasteiger partial charge is 0.246 e. The van der Waals surface area contributed by atoms with Crippen LogP contribution in [0, 0.1) is 0 Å². The average Bonchev–Trinajstić information content (AvgIpc) is 1.89. The van der Waals surface area contributed by atoms with Crippen LogP contribution in [0.25, 0.3) is 0 Å². The third-order valence-corrected chi connectivity index (χ3v) is 1.35. The van der Waals surface area contributed by atoms with Gasteiger partial charge in [-0.15, -0.1) is 0 Å². The van der Waals surface area contributed by atoms with Crippen LogP contribution in [0.2, 0.25) is 0 Å². The minimum absolute atomic E-state index is 0.115. The Morgan fingerprint density at radius 1 is 1.78 bits per heavy atom. The zero-order valence-electron chi connectivity index (χ0n) is 5.59. The molecule has 1 heterocycles. The van der Waals surface area contributed by atoms with E-state index in [0.717, 1.165) is 6.42 Å². The molecular weight excluding hydrogens is 118 g/mol. The number of hydrogen-bond donors (Lipinski definition) is 0. The predicted octanol–water partition coefficient (Wildman–Crippen LogP) is 0.560. The Morgan fingerprint density at radius 3 is 3.00 bits per heavy atom. The van der Waals surface area contributed by atoms with E-state index < -0.39 is 0 Å². The quantitative estimate of drug-likeness (QED) is 0.517. The van der Waals surface area contributed by atoms with Gasteiger partial charge in [-0.05, 0) is 13.3 Å². The van der Waals surface area contributed by atoms with Crippen molar-refractivity contribution in [2.75, 3.05) is 13.2 Å². The van der Waals surface area contributed by atoms with Crippen LogP contribution in [0.15, 0.2) is 0 Å². The number of hydrogen-bond acceptors (Lipinski definition) is 2. The van der Waals surface area contributed by atoms with Gasteiger partial charge in [0, 0.05) is 13.0 Å². The fraction of sp³-hybridized carbons (Fsp3) is 0.833. The molecule has 0 aliphatic carbocycles. The maximum atomic E-state index is 10.8. The number of hydroxylamine groups is 2. The Hall–Kier alpha value is -0.570. The molecule has 0 saturated carbocycles. The second-order valence-corrected chi connectivity index (χ2v) is 2.03. The number of amides is 1. The van der Waals surface area contributed by atoms with Crippen LogP contribution in [-0.4, -0.2) is 24.1 Å². The minimum Gasteiger partial charge on any atom is -0.273 e. The van der Waals surface area contributed by atoms with E-state index in [1.807, 2.05) is 6.92 Å². The number of rotatable bonds is 1. The molecule has 0 unspecified atom stereocenters. The van der Waals surface area contributed by atoms with E-state index in [1.54, 1.807) is 0 Å². The van der Waals surface area contributed by atoms with Crippen molar-refractivity contribution in [3.8, 4) is 0 Å². The molecule has 1 aliphatic rings. The van der Waals surface area contributed by atoms with Gasteiger partial charge in [-0.25, -0.2) is 5.06 Å². The van der Waals surface area contributed by atoms with Gasteiger partial charge in [-0.1, -0.05) is 0 Å². The number of carbonyl (C=O) groups is 1. The summed E-state index contributed by atoms with van der Waals surface area (Å²) in [5, 5.41) is 1.42. The van der Waals surface area contributed by atoms with Gasteiger partial charge in [0.05, 0.1) is 6.61 Å². The summed E-state index contributed by atoms with van der Waals surface area (Å²) in [6.45, 7) is 3.27. The first-order valence-corrected chi connectivity index (χ1v) is 3.28. The molecule has 0 N–H and O–H groups in total. The van der Waals surface area contributed by atoms with E-state index >= 15 is 0 Å². The van der Waals surface area contributed by atoms with Crippen LogP contribution >= 0.6 is 0 Å². The molecule has 1 saturated heterocycles. The molecule has 9 heavy (non-hydrogen) atoms. The van der Waals surface area contributed by atoms with Gasteiger partial charge < -0.3 is 0 Å². The topological polar surface area (TPSA) is 29.5 Å². The normalized spacial score (nSPS) is 20.6. The van der Waals surface area contributed by atoms with Crippen LogP contribution in [0.5, 0.6) is 0 Å². The van der Waals surface area contributed by atoms with Gasteiger partial charge in [0.2, 0.25) is 5.91 Å². The summed E-state index contributed by atoms with van der Waals surface area (Å²) in [6, 6.07) is 0. The highest BCUT2D eigenvalue weighted by molar-refractivity contribution is 5.75. The maximum absolute atomic E-state index is 10.8. The number of carbonyl (C=O) groups excluding carboxylic acids is 1. The van der Waals surface area contributed by atoms with Crippen molar-refractivity contribution in [3.05, 3.63) is 0 Å². The summed E-state index contributed by atoms with van der Waals surface area (Å²) < 4.78 is 0. The summed E-state index contributed by atoms with van der Waals surface area (Å²) in [7, 11) is 0. The fourth-order valence-electron chi connectivity index (χ4n) is 0.862. The van der Waals surface area contributed by atoms with Crippen LogP contribution in [-0.2, 0) is 9.63 Å². The van der Waals surface area contributed by atoms with Crippen molar-refractivity contribution in [3.63, 3.8) is 0 Å². The Bertz CT molecular complexity index is 114. The molecular formula is C6H11NO2. The largest absolute Gasteiger partial charge is 0.273 e. The zero-order valence-corrected chi connectivity index (χ0v) is 5.59. The maximum Gasteiger partial charge on any atom is 0.246 e. The van der Waals surface area contributed by atoms with Crippen LogP contribution in [0.4, 0.5) is 0 Å². The zero-order chi connectivity index (χ0) is 6.69. The molecule has 0 aromatic heterocycles. The lowest BCUT2D eigenvalue weighted by molar-refractivity contribution is -0.196. The van der Waals surface area contributed by atoms with E-state index in [1.165, 1.54) is 5.06 Å². The summed E-state index contributed by atoms with van der Waals surface area (Å²) in [5.41, 5.74) is 0. The molecule has 0 atom stereocenters. The molecule has 3 nitrogen and oxygen atoms in total. The van der Waals surface area contributed by atoms with Crippen molar-refractivity contribution in [2.24, 2.45) is 0 Å². The summed E-state index contributed by atoms with van der Waals surface area (Å²) in [5.74, 6) is 0.115. The molecule has 1 fully saturated rings. The summed E-state index contributed by atoms with van der Waals surface area (Å²) in [6.07, 6.45) is 1.52. The number of nitrogens with zero attached hydrogens (tertiary/aromatic N) is 1. The second-order valence-electron chi connectivity index (χ2n) is 2.03. The van der Waals surface area contributed by atoms with E-state index in [4.69, 9.17) is 4.84 Å². The lowest BCUT2D eigenvalue weighted by Crippen LogP contribution is -2.35. The lowest BCUT2D eigenvalue weighted by Gasteiger charge is -2.23. The van der Waals surface area contributed by atoms with E-state index in [0.29, 0.717) is 19.6 Å². The molecule has 1 rings (SSSR count). The van der Waals surface area contributed by atoms with Gasteiger partial charge in [-0.3, -0.25) is 9.63 Å². The molecule has 0 spiro atoms. The molecule has 52 valence electrons. The van der Waals surface area contributed by atoms with Crippen molar-refractivity contribution in [1.29, 1.82) is 0 Å². The van der Waals surface area contributed by atoms with E-state index in [2.05, 4.69) is 0 Å². The minimum atomic E-state index is 0.115. The van der Waals surface area contributed by atoms with Crippen molar-refractivity contribution in [1.82, 2.24) is 5.06 Å². The Labute approximate surface area is 54.5 Å². The van der Waals surface area contributed by atoms with Gasteiger partial charge >= 0.3 is 0 Å². The van der Waals surface area contributed by atoms with Crippen molar-refractivity contribution >= 4 is 5.91 Å². The van der Waals surface area contributed by atoms with Gasteiger partial charge in [0.1, 0.15) is 0 Å². The van der Waals surface area contributed by atoms with Crippen LogP contribution in [0.3, 0.4) is 0 Å². The summed E-state index contributed by atoms with van der Waals surface area (Å²) in [4.78, 5) is 15.8. The SMILES string of the molecule is CCN1OCCCC1=O. The fourth-order valence-corrected chi connectivity index (χ4v) is 0.862. The van der Waals surface area contributed by atoms with Crippen LogP contribution in [0.1, 0.15) is 19.8 Å². The Kier molecular flexibility index (Phi) is 2.05. The molecule has 0 bridgehead atoms. The van der Waals surface area contributed by atoms with E-state index in [9.17, 15) is 4.79 Å². The second kappa shape index (κ2) is 2.82. The van der Waals surface area contributed by atoms with Crippen LogP contribution < -0.4 is 0 Å². The molecule has 0 radical (unpaired) electrons. The first-order valence-electron chi connectivity index (χ1n) is 3.28. The van der Waals surface area contributed by atoms with Gasteiger partial charge in [-0.2, -0.15) is 0 Å². The summed E-state index contributed by atoms with van der Waals surface area (Å²) >= 11 is 0. The average molecular weight is 129 g/mol. The monoisotopic (exact) mass is 129 g/mol. The van der Waals surface area contributed by atoms with Gasteiger partial charge in [0.25, 0.3) is 0 Å². The van der Waals surface area contributed by atoms with Crippen molar-refractivity contribution < 1.29 is 9.63 Å². The first-order chi connectivity index (χ1) is 4.34. The predicted molar refractivity (Wildman–Crippen MR) is 32.6 cm³/mol. The third kappa shape index (κ3) is 1.42. The standard InChI is InChI=1S/C6H11NO2/c1-2-7-6(8)4-3-5-9-7/h2-5H2,1H3. The molecule has 0 aromatic carbocycles. The molecule has 1 amide bonds. The highest BCUT2D eigenvalue weighted by Crippen LogP contribution is 2.05. The van der Waals surface area contributed by atoms with Gasteiger partial charge in [0.15, 0.2) is 0 Å². The molecule has 0 aromatic rings. The first kappa shape index (κ1) is 6.55. The third-order valence-electron chi connectivity index (χ3n) is 1.35. The molecule has 1 aliphatic heterocycles. The van der Waals surface area contributed by atoms with Crippen molar-refractivity contribution in [2.45, 2.75) is 19.8 Å². The lowest BCUT2D eigenvalue weighted by atomic mass is 10.3. The molecule has 3 heteroatoms. The highest BCUT2D eigenvalue weighted by atomic mass is 16.7. The Balaban J connectivity index is 2.39.